The fraction of sp³-hybridized carbons (Fsp3) is 0.176. The van der Waals surface area contributed by atoms with E-state index >= 15 is 0 Å². The molecule has 0 N–H and O–H groups in total. The Morgan fingerprint density at radius 1 is 0.900 bits per heavy atom. The molecular weight excluding hydrogens is 284 g/mol. The predicted octanol–water partition coefficient (Wildman–Crippen LogP) is 4.29. The average Bonchev–Trinajstić information content (AvgIpc) is 2.52. The van der Waals surface area contributed by atoms with Crippen LogP contribution in [0.25, 0.3) is 5.57 Å². The lowest BCUT2D eigenvalue weighted by Crippen LogP contribution is -2.09. The highest BCUT2D eigenvalue weighted by Crippen LogP contribution is 2.37. The van der Waals surface area contributed by atoms with Gasteiger partial charge in [0.2, 0.25) is 0 Å². The zero-order valence-electron chi connectivity index (χ0n) is 11.1. The number of thioether (sulfide) groups is 1. The van der Waals surface area contributed by atoms with E-state index in [0.717, 1.165) is 38.9 Å². The van der Waals surface area contributed by atoms with Crippen LogP contribution in [0.4, 0.5) is 0 Å². The molecule has 1 heterocycles. The highest BCUT2D eigenvalue weighted by Gasteiger charge is 2.20. The minimum Gasteiger partial charge on any atom is -0.254 e. The van der Waals surface area contributed by atoms with Crippen LogP contribution in [0.2, 0.25) is 0 Å². The van der Waals surface area contributed by atoms with Gasteiger partial charge in [-0.25, -0.2) is 0 Å². The first kappa shape index (κ1) is 13.7. The van der Waals surface area contributed by atoms with Gasteiger partial charge in [0.25, 0.3) is 0 Å². The van der Waals surface area contributed by atoms with Gasteiger partial charge in [0.05, 0.1) is 15.0 Å². The summed E-state index contributed by atoms with van der Waals surface area (Å²) in [7, 11) is -0.866. The summed E-state index contributed by atoms with van der Waals surface area (Å²) >= 11 is 1.75. The van der Waals surface area contributed by atoms with Crippen LogP contribution in [0.1, 0.15) is 17.5 Å². The summed E-state index contributed by atoms with van der Waals surface area (Å²) in [5.74, 6) is 1.84. The minimum atomic E-state index is -0.866. The van der Waals surface area contributed by atoms with Crippen LogP contribution in [0.3, 0.4) is 0 Å². The SMILES string of the molecule is O=S1CCCSC1=C(c1ccccc1)c1ccccc1. The summed E-state index contributed by atoms with van der Waals surface area (Å²) in [4.78, 5) is 0. The summed E-state index contributed by atoms with van der Waals surface area (Å²) in [6.45, 7) is 0. The highest BCUT2D eigenvalue weighted by atomic mass is 32.2. The first-order valence-electron chi connectivity index (χ1n) is 6.72. The molecule has 3 heteroatoms. The number of benzene rings is 2. The van der Waals surface area contributed by atoms with Gasteiger partial charge in [-0.15, -0.1) is 11.8 Å². The van der Waals surface area contributed by atoms with Crippen molar-refractivity contribution in [3.8, 4) is 0 Å². The molecule has 0 saturated carbocycles. The highest BCUT2D eigenvalue weighted by molar-refractivity contribution is 8.17. The van der Waals surface area contributed by atoms with E-state index in [1.54, 1.807) is 11.8 Å². The third-order valence-electron chi connectivity index (χ3n) is 3.24. The van der Waals surface area contributed by atoms with E-state index in [1.165, 1.54) is 0 Å². The third-order valence-corrected chi connectivity index (χ3v) is 6.39. The number of rotatable bonds is 2. The smallest absolute Gasteiger partial charge is 0.0800 e. The summed E-state index contributed by atoms with van der Waals surface area (Å²) in [6, 6.07) is 20.6. The van der Waals surface area contributed by atoms with Gasteiger partial charge in [0.15, 0.2) is 0 Å². The molecule has 1 aliphatic heterocycles. The Morgan fingerprint density at radius 3 is 1.95 bits per heavy atom. The monoisotopic (exact) mass is 300 g/mol. The van der Waals surface area contributed by atoms with Crippen LogP contribution in [0, 0.1) is 0 Å². The van der Waals surface area contributed by atoms with E-state index in [1.807, 2.05) is 36.4 Å². The van der Waals surface area contributed by atoms with Crippen molar-refractivity contribution in [2.75, 3.05) is 11.5 Å². The van der Waals surface area contributed by atoms with Crippen molar-refractivity contribution in [2.45, 2.75) is 6.42 Å². The van der Waals surface area contributed by atoms with Gasteiger partial charge >= 0.3 is 0 Å². The molecule has 1 aliphatic rings. The van der Waals surface area contributed by atoms with E-state index in [-0.39, 0.29) is 0 Å². The topological polar surface area (TPSA) is 17.1 Å². The lowest BCUT2D eigenvalue weighted by atomic mass is 10.00. The summed E-state index contributed by atoms with van der Waals surface area (Å²) < 4.78 is 13.5. The first-order valence-corrected chi connectivity index (χ1v) is 9.03. The molecule has 0 aromatic heterocycles. The van der Waals surface area contributed by atoms with E-state index < -0.39 is 10.8 Å². The van der Waals surface area contributed by atoms with E-state index in [2.05, 4.69) is 24.3 Å². The van der Waals surface area contributed by atoms with Crippen LogP contribution < -0.4 is 0 Å². The van der Waals surface area contributed by atoms with Crippen molar-refractivity contribution < 1.29 is 4.21 Å². The molecule has 1 fully saturated rings. The Labute approximate surface area is 126 Å². The maximum absolute atomic E-state index is 12.4. The lowest BCUT2D eigenvalue weighted by molar-refractivity contribution is 0.686. The molecular formula is C17H16OS2. The second-order valence-corrected chi connectivity index (χ2v) is 7.52. The maximum Gasteiger partial charge on any atom is 0.0800 e. The van der Waals surface area contributed by atoms with Crippen LogP contribution >= 0.6 is 11.8 Å². The summed E-state index contributed by atoms with van der Waals surface area (Å²) in [5, 5.41) is 0. The Bertz CT molecular complexity index is 591. The first-order chi connectivity index (χ1) is 9.86. The van der Waals surface area contributed by atoms with Gasteiger partial charge in [-0.1, -0.05) is 60.7 Å². The Balaban J connectivity index is 2.18. The van der Waals surface area contributed by atoms with Gasteiger partial charge in [-0.3, -0.25) is 4.21 Å². The molecule has 2 aromatic rings. The van der Waals surface area contributed by atoms with Crippen LogP contribution in [-0.4, -0.2) is 15.7 Å². The molecule has 1 saturated heterocycles. The van der Waals surface area contributed by atoms with Crippen LogP contribution in [0.5, 0.6) is 0 Å². The van der Waals surface area contributed by atoms with Crippen LogP contribution in [0.15, 0.2) is 64.9 Å². The average molecular weight is 300 g/mol. The Morgan fingerprint density at radius 2 is 1.45 bits per heavy atom. The molecule has 102 valence electrons. The van der Waals surface area contributed by atoms with Gasteiger partial charge in [0, 0.05) is 11.3 Å². The maximum atomic E-state index is 12.4. The second-order valence-electron chi connectivity index (χ2n) is 4.65. The van der Waals surface area contributed by atoms with Crippen LogP contribution in [-0.2, 0) is 10.8 Å². The standard InChI is InChI=1S/C17H16OS2/c18-20-13-7-12-19-17(20)16(14-8-3-1-4-9-14)15-10-5-2-6-11-15/h1-6,8-11H,7,12-13H2. The van der Waals surface area contributed by atoms with Crippen molar-refractivity contribution in [3.63, 3.8) is 0 Å². The Kier molecular flexibility index (Phi) is 4.38. The molecule has 1 unspecified atom stereocenters. The third kappa shape index (κ3) is 2.89. The number of hydrogen-bond acceptors (Lipinski definition) is 2. The predicted molar refractivity (Wildman–Crippen MR) is 89.0 cm³/mol. The van der Waals surface area contributed by atoms with E-state index in [4.69, 9.17) is 0 Å². The molecule has 1 nitrogen and oxygen atoms in total. The molecule has 0 radical (unpaired) electrons. The Hall–Kier alpha value is -1.32. The number of hydrogen-bond donors (Lipinski definition) is 0. The lowest BCUT2D eigenvalue weighted by Gasteiger charge is -2.19. The van der Waals surface area contributed by atoms with Crippen molar-refractivity contribution >= 4 is 28.1 Å². The zero-order valence-corrected chi connectivity index (χ0v) is 12.8. The molecule has 0 spiro atoms. The van der Waals surface area contributed by atoms with Crippen molar-refractivity contribution in [1.82, 2.24) is 0 Å². The molecule has 0 aliphatic carbocycles. The fourth-order valence-electron chi connectivity index (χ4n) is 2.31. The fourth-order valence-corrected chi connectivity index (χ4v) is 5.43. The molecule has 2 aromatic carbocycles. The largest absolute Gasteiger partial charge is 0.254 e. The molecule has 1 atom stereocenters. The van der Waals surface area contributed by atoms with Crippen molar-refractivity contribution in [1.29, 1.82) is 0 Å². The second kappa shape index (κ2) is 6.42. The minimum absolute atomic E-state index is 0.783. The zero-order chi connectivity index (χ0) is 13.8. The van der Waals surface area contributed by atoms with E-state index in [0.29, 0.717) is 0 Å². The molecule has 3 rings (SSSR count). The van der Waals surface area contributed by atoms with Gasteiger partial charge in [0.1, 0.15) is 0 Å². The normalized spacial score (nSPS) is 18.8. The molecule has 0 bridgehead atoms. The van der Waals surface area contributed by atoms with Crippen molar-refractivity contribution in [3.05, 3.63) is 76.0 Å². The van der Waals surface area contributed by atoms with Gasteiger partial charge in [-0.2, -0.15) is 0 Å². The summed E-state index contributed by atoms with van der Waals surface area (Å²) in [5.41, 5.74) is 3.43. The van der Waals surface area contributed by atoms with Gasteiger partial charge < -0.3 is 0 Å². The molecule has 0 amide bonds. The quantitative estimate of drug-likeness (QED) is 0.823. The molecule has 20 heavy (non-hydrogen) atoms. The van der Waals surface area contributed by atoms with Gasteiger partial charge in [-0.05, 0) is 23.3 Å². The summed E-state index contributed by atoms with van der Waals surface area (Å²) in [6.07, 6.45) is 1.04. The van der Waals surface area contributed by atoms with Crippen molar-refractivity contribution in [2.24, 2.45) is 0 Å². The van der Waals surface area contributed by atoms with E-state index in [9.17, 15) is 4.21 Å².